The lowest BCUT2D eigenvalue weighted by molar-refractivity contribution is -0.137. The van der Waals surface area contributed by atoms with Crippen LogP contribution < -0.4 is 5.32 Å². The van der Waals surface area contributed by atoms with Crippen molar-refractivity contribution in [1.82, 2.24) is 5.32 Å². The van der Waals surface area contributed by atoms with E-state index in [1.54, 1.807) is 39.0 Å². The number of hydrogen-bond acceptors (Lipinski definition) is 3. The highest BCUT2D eigenvalue weighted by atomic mass is 79.9. The van der Waals surface area contributed by atoms with Gasteiger partial charge in [0.15, 0.2) is 5.78 Å². The monoisotopic (exact) mass is 601 g/mol. The molecule has 1 amide bonds. The van der Waals surface area contributed by atoms with Gasteiger partial charge < -0.3 is 10.1 Å². The average Bonchev–Trinajstić information content (AvgIpc) is 2.78. The number of alkyl carbamates (subject to hydrolysis) is 1. The second-order valence-corrected chi connectivity index (χ2v) is 10.2. The van der Waals surface area contributed by atoms with Gasteiger partial charge in [-0.05, 0) is 66.9 Å². The highest BCUT2D eigenvalue weighted by molar-refractivity contribution is 9.10. The Morgan fingerprint density at radius 3 is 2.13 bits per heavy atom. The molecular formula is C27H22BrF6NO3. The van der Waals surface area contributed by atoms with Gasteiger partial charge in [0.25, 0.3) is 0 Å². The van der Waals surface area contributed by atoms with E-state index in [1.807, 2.05) is 0 Å². The predicted octanol–water partition coefficient (Wildman–Crippen LogP) is 8.47. The molecule has 0 atom stereocenters. The minimum atomic E-state index is -5.12. The van der Waals surface area contributed by atoms with Crippen molar-refractivity contribution in [2.45, 2.75) is 45.3 Å². The first-order chi connectivity index (χ1) is 17.5. The van der Waals surface area contributed by atoms with Gasteiger partial charge in [-0.2, -0.15) is 26.3 Å². The van der Waals surface area contributed by atoms with Crippen molar-refractivity contribution in [2.24, 2.45) is 0 Å². The topological polar surface area (TPSA) is 55.4 Å². The lowest BCUT2D eigenvalue weighted by Crippen LogP contribution is -2.32. The number of fused-ring (bicyclic) bond motifs is 1. The van der Waals surface area contributed by atoms with Crippen LogP contribution in [0.1, 0.15) is 47.8 Å². The Kier molecular flexibility index (Phi) is 8.30. The predicted molar refractivity (Wildman–Crippen MR) is 135 cm³/mol. The number of rotatable bonds is 5. The number of carbonyl (C=O) groups excluding carboxylic acids is 2. The van der Waals surface area contributed by atoms with Gasteiger partial charge in [0.1, 0.15) is 5.60 Å². The molecule has 0 aliphatic rings. The number of ether oxygens (including phenoxy) is 1. The van der Waals surface area contributed by atoms with Crippen molar-refractivity contribution in [3.63, 3.8) is 0 Å². The van der Waals surface area contributed by atoms with Gasteiger partial charge in [0, 0.05) is 16.6 Å². The molecule has 0 aliphatic carbocycles. The Hall–Kier alpha value is -3.34. The fraction of sp³-hybridized carbons (Fsp3) is 0.259. The standard InChI is InChI=1S/C27H22BrF6NO3/c1-25(2,3)38-24(37)35-14-15-8-9-21(20-7-5-4-6-19(15)20)23(36)13-22(27(32,33)34)16-10-17(26(29,30)31)12-18(28)11-16/h4-13H,14H2,1-3H3,(H,35,37). The zero-order valence-electron chi connectivity index (χ0n) is 20.4. The van der Waals surface area contributed by atoms with Crippen molar-refractivity contribution >= 4 is 44.2 Å². The molecule has 0 unspecified atom stereocenters. The van der Waals surface area contributed by atoms with Crippen LogP contribution in [0.25, 0.3) is 16.3 Å². The molecule has 0 spiro atoms. The maximum absolute atomic E-state index is 13.9. The first-order valence-corrected chi connectivity index (χ1v) is 11.9. The van der Waals surface area contributed by atoms with E-state index in [1.165, 1.54) is 18.2 Å². The number of amides is 1. The molecule has 0 aromatic heterocycles. The van der Waals surface area contributed by atoms with E-state index in [-0.39, 0.29) is 16.6 Å². The Labute approximate surface area is 222 Å². The summed E-state index contributed by atoms with van der Waals surface area (Å²) in [5.41, 5.74) is -3.86. The second-order valence-electron chi connectivity index (χ2n) is 9.32. The average molecular weight is 602 g/mol. The van der Waals surface area contributed by atoms with Crippen LogP contribution in [-0.2, 0) is 17.5 Å². The zero-order valence-corrected chi connectivity index (χ0v) is 21.9. The van der Waals surface area contributed by atoms with Crippen LogP contribution in [-0.4, -0.2) is 23.7 Å². The van der Waals surface area contributed by atoms with Gasteiger partial charge in [-0.25, -0.2) is 4.79 Å². The van der Waals surface area contributed by atoms with Gasteiger partial charge in [-0.3, -0.25) is 4.79 Å². The number of benzene rings is 3. The third kappa shape index (κ3) is 7.37. The second kappa shape index (κ2) is 10.8. The maximum atomic E-state index is 13.9. The first-order valence-electron chi connectivity index (χ1n) is 11.1. The molecule has 0 heterocycles. The summed E-state index contributed by atoms with van der Waals surface area (Å²) in [5.74, 6) is -1.05. The van der Waals surface area contributed by atoms with E-state index in [9.17, 15) is 35.9 Å². The zero-order chi connectivity index (χ0) is 28.5. The molecule has 4 nitrogen and oxygen atoms in total. The van der Waals surface area contributed by atoms with Gasteiger partial charge in [0.05, 0.1) is 11.1 Å². The van der Waals surface area contributed by atoms with Crippen LogP contribution in [0.2, 0.25) is 0 Å². The summed E-state index contributed by atoms with van der Waals surface area (Å²) < 4.78 is 86.5. The maximum Gasteiger partial charge on any atom is 0.417 e. The lowest BCUT2D eigenvalue weighted by atomic mass is 9.94. The Morgan fingerprint density at radius 1 is 0.921 bits per heavy atom. The summed E-state index contributed by atoms with van der Waals surface area (Å²) >= 11 is 2.81. The Balaban J connectivity index is 2.04. The largest absolute Gasteiger partial charge is 0.444 e. The van der Waals surface area contributed by atoms with Crippen molar-refractivity contribution in [2.75, 3.05) is 0 Å². The molecule has 0 saturated heterocycles. The van der Waals surface area contributed by atoms with Crippen LogP contribution >= 0.6 is 15.9 Å². The normalized spacial score (nSPS) is 12.9. The molecule has 3 rings (SSSR count). The van der Waals surface area contributed by atoms with Crippen LogP contribution in [0.5, 0.6) is 0 Å². The Morgan fingerprint density at radius 2 is 1.55 bits per heavy atom. The lowest BCUT2D eigenvalue weighted by Gasteiger charge is -2.20. The molecule has 3 aromatic rings. The summed E-state index contributed by atoms with van der Waals surface area (Å²) in [6.07, 6.45) is -10.4. The molecule has 1 N–H and O–H groups in total. The number of allylic oxidation sites excluding steroid dienone is 2. The van der Waals surface area contributed by atoms with Gasteiger partial charge in [0.2, 0.25) is 0 Å². The van der Waals surface area contributed by atoms with E-state index in [4.69, 9.17) is 4.74 Å². The van der Waals surface area contributed by atoms with Crippen LogP contribution in [0.15, 0.2) is 65.1 Å². The third-order valence-electron chi connectivity index (χ3n) is 5.22. The highest BCUT2D eigenvalue weighted by Gasteiger charge is 2.38. The number of alkyl halides is 6. The molecular weight excluding hydrogens is 580 g/mol. The molecule has 0 aliphatic heterocycles. The van der Waals surface area contributed by atoms with E-state index in [2.05, 4.69) is 21.2 Å². The van der Waals surface area contributed by atoms with E-state index in [0.717, 1.165) is 6.07 Å². The number of halogens is 7. The highest BCUT2D eigenvalue weighted by Crippen LogP contribution is 2.39. The number of nitrogens with one attached hydrogen (secondary N) is 1. The van der Waals surface area contributed by atoms with Gasteiger partial charge in [-0.15, -0.1) is 0 Å². The molecule has 38 heavy (non-hydrogen) atoms. The molecule has 0 radical (unpaired) electrons. The van der Waals surface area contributed by atoms with Gasteiger partial charge >= 0.3 is 18.4 Å². The summed E-state index contributed by atoms with van der Waals surface area (Å²) in [7, 11) is 0. The van der Waals surface area contributed by atoms with E-state index >= 15 is 0 Å². The van der Waals surface area contributed by atoms with E-state index < -0.39 is 46.5 Å². The molecule has 202 valence electrons. The SMILES string of the molecule is CC(C)(C)OC(=O)NCc1ccc(C(=O)C=C(c2cc(Br)cc(C(F)(F)F)c2)C(F)(F)F)c2ccccc12. The van der Waals surface area contributed by atoms with Crippen LogP contribution in [0.3, 0.4) is 0 Å². The quantitative estimate of drug-likeness (QED) is 0.181. The Bertz CT molecular complexity index is 1400. The summed E-state index contributed by atoms with van der Waals surface area (Å²) in [4.78, 5) is 25.1. The van der Waals surface area contributed by atoms with Crippen LogP contribution in [0, 0.1) is 0 Å². The third-order valence-corrected chi connectivity index (χ3v) is 5.68. The van der Waals surface area contributed by atoms with Crippen molar-refractivity contribution in [3.05, 3.63) is 87.4 Å². The van der Waals surface area contributed by atoms with Gasteiger partial charge in [-0.1, -0.05) is 52.3 Å². The fourth-order valence-electron chi connectivity index (χ4n) is 3.66. The molecule has 0 fully saturated rings. The minimum Gasteiger partial charge on any atom is -0.444 e. The van der Waals surface area contributed by atoms with Crippen molar-refractivity contribution < 1.29 is 40.7 Å². The number of ketones is 1. The summed E-state index contributed by atoms with van der Waals surface area (Å²) in [6.45, 7) is 5.11. The first kappa shape index (κ1) is 29.2. The minimum absolute atomic E-state index is 0.0196. The molecule has 3 aromatic carbocycles. The summed E-state index contributed by atoms with van der Waals surface area (Å²) in [5, 5.41) is 3.40. The molecule has 0 saturated carbocycles. The fourth-order valence-corrected chi connectivity index (χ4v) is 4.15. The van der Waals surface area contributed by atoms with Crippen molar-refractivity contribution in [1.29, 1.82) is 0 Å². The molecule has 11 heteroatoms. The summed E-state index contributed by atoms with van der Waals surface area (Å²) in [6, 6.07) is 11.1. The smallest absolute Gasteiger partial charge is 0.417 e. The van der Waals surface area contributed by atoms with E-state index in [0.29, 0.717) is 34.5 Å². The number of hydrogen-bond donors (Lipinski definition) is 1. The van der Waals surface area contributed by atoms with Crippen LogP contribution in [0.4, 0.5) is 31.1 Å². The molecule has 0 bridgehead atoms. The number of carbonyl (C=O) groups is 2. The van der Waals surface area contributed by atoms with Crippen molar-refractivity contribution in [3.8, 4) is 0 Å².